The summed E-state index contributed by atoms with van der Waals surface area (Å²) in [5, 5.41) is 11.3. The van der Waals surface area contributed by atoms with Crippen LogP contribution in [0.4, 0.5) is 11.4 Å². The van der Waals surface area contributed by atoms with E-state index in [-0.39, 0.29) is 22.8 Å². The summed E-state index contributed by atoms with van der Waals surface area (Å²) in [6.07, 6.45) is 2.87. The number of rotatable bonds is 6. The summed E-state index contributed by atoms with van der Waals surface area (Å²) in [5.41, 5.74) is 2.36. The van der Waals surface area contributed by atoms with Gasteiger partial charge in [0.25, 0.3) is 0 Å². The number of hydrogen-bond acceptors (Lipinski definition) is 4. The molecule has 6 nitrogen and oxygen atoms in total. The Morgan fingerprint density at radius 1 is 1.09 bits per heavy atom. The van der Waals surface area contributed by atoms with Crippen LogP contribution >= 0.6 is 39.1 Å². The van der Waals surface area contributed by atoms with Crippen molar-refractivity contribution < 1.29 is 22.7 Å². The molecule has 35 heavy (non-hydrogen) atoms. The Kier molecular flexibility index (Phi) is 6.12. The number of carbonyl (C=O) groups is 1. The van der Waals surface area contributed by atoms with Crippen molar-refractivity contribution in [1.29, 1.82) is 0 Å². The summed E-state index contributed by atoms with van der Waals surface area (Å²) in [6.45, 7) is 0. The van der Waals surface area contributed by atoms with Crippen molar-refractivity contribution in [2.75, 3.05) is 10.6 Å². The number of carboxylic acid groups (broad SMARTS) is 1. The standard InChI is InChI=1S/C25H18BrCl2NO5S/c1-35(32,33)29(16-8-9-19(26)20(28)10-16)21-12-22-18(11-17(21)13-2-3-13)23(25(30)31)24(34-22)14-4-6-15(27)7-5-14/h4-13H,2-3H2,1H3,(H,30,31). The van der Waals surface area contributed by atoms with E-state index in [1.54, 1.807) is 54.6 Å². The lowest BCUT2D eigenvalue weighted by Crippen LogP contribution is -2.25. The molecule has 0 spiro atoms. The molecule has 180 valence electrons. The Bertz CT molecular complexity index is 1590. The molecule has 1 aliphatic carbocycles. The van der Waals surface area contributed by atoms with E-state index in [9.17, 15) is 18.3 Å². The predicted molar refractivity (Wildman–Crippen MR) is 142 cm³/mol. The van der Waals surface area contributed by atoms with E-state index >= 15 is 0 Å². The van der Waals surface area contributed by atoms with Crippen molar-refractivity contribution in [3.05, 3.63) is 80.2 Å². The third-order valence-corrected chi connectivity index (χ3v) is 8.42. The molecule has 0 unspecified atom stereocenters. The first-order valence-electron chi connectivity index (χ1n) is 10.6. The number of anilines is 2. The van der Waals surface area contributed by atoms with Gasteiger partial charge in [-0.2, -0.15) is 0 Å². The molecule has 3 aromatic carbocycles. The van der Waals surface area contributed by atoms with Crippen molar-refractivity contribution in [2.45, 2.75) is 18.8 Å². The average molecular weight is 595 g/mol. The van der Waals surface area contributed by atoms with Gasteiger partial charge in [0.05, 0.1) is 22.7 Å². The van der Waals surface area contributed by atoms with E-state index < -0.39 is 16.0 Å². The fourth-order valence-electron chi connectivity index (χ4n) is 4.18. The zero-order valence-electron chi connectivity index (χ0n) is 18.3. The first-order valence-corrected chi connectivity index (χ1v) is 14.0. The molecular weight excluding hydrogens is 577 g/mol. The molecule has 4 aromatic rings. The van der Waals surface area contributed by atoms with Gasteiger partial charge in [0.1, 0.15) is 16.9 Å². The largest absolute Gasteiger partial charge is 0.478 e. The maximum Gasteiger partial charge on any atom is 0.340 e. The lowest BCUT2D eigenvalue weighted by Gasteiger charge is -2.25. The number of aromatic carboxylic acids is 1. The number of hydrogen-bond donors (Lipinski definition) is 1. The number of nitrogens with zero attached hydrogens (tertiary/aromatic N) is 1. The molecule has 1 aliphatic rings. The van der Waals surface area contributed by atoms with Crippen LogP contribution in [0.1, 0.15) is 34.7 Å². The number of fused-ring (bicyclic) bond motifs is 1. The van der Waals surface area contributed by atoms with E-state index in [0.29, 0.717) is 36.8 Å². The van der Waals surface area contributed by atoms with Gasteiger partial charge < -0.3 is 9.52 Å². The summed E-state index contributed by atoms with van der Waals surface area (Å²) in [7, 11) is -3.79. The SMILES string of the molecule is CS(=O)(=O)N(c1ccc(Br)c(Cl)c1)c1cc2oc(-c3ccc(Cl)cc3)c(C(=O)O)c2cc1C1CC1. The quantitative estimate of drug-likeness (QED) is 0.246. The minimum absolute atomic E-state index is 0.0216. The molecule has 0 atom stereocenters. The highest BCUT2D eigenvalue weighted by atomic mass is 79.9. The van der Waals surface area contributed by atoms with Gasteiger partial charge in [-0.25, -0.2) is 17.5 Å². The fraction of sp³-hybridized carbons (Fsp3) is 0.160. The van der Waals surface area contributed by atoms with Crippen LogP contribution in [-0.2, 0) is 10.0 Å². The highest BCUT2D eigenvalue weighted by Gasteiger charge is 2.34. The van der Waals surface area contributed by atoms with Crippen LogP contribution in [0.3, 0.4) is 0 Å². The van der Waals surface area contributed by atoms with Crippen LogP contribution < -0.4 is 4.31 Å². The summed E-state index contributed by atoms with van der Waals surface area (Å²) in [4.78, 5) is 12.3. The number of carboxylic acids is 1. The predicted octanol–water partition coefficient (Wildman–Crippen LogP) is 7.84. The van der Waals surface area contributed by atoms with Crippen LogP contribution in [0.25, 0.3) is 22.3 Å². The Hall–Kier alpha value is -2.52. The van der Waals surface area contributed by atoms with Gasteiger partial charge in [-0.15, -0.1) is 0 Å². The van der Waals surface area contributed by atoms with Crippen LogP contribution in [0, 0.1) is 0 Å². The van der Waals surface area contributed by atoms with Gasteiger partial charge >= 0.3 is 5.97 Å². The molecule has 10 heteroatoms. The normalized spacial score (nSPS) is 13.8. The van der Waals surface area contributed by atoms with E-state index in [1.165, 1.54) is 4.31 Å². The minimum Gasteiger partial charge on any atom is -0.478 e. The molecule has 1 saturated carbocycles. The Morgan fingerprint density at radius 3 is 2.34 bits per heavy atom. The molecule has 5 rings (SSSR count). The summed E-state index contributed by atoms with van der Waals surface area (Å²) >= 11 is 15.6. The van der Waals surface area contributed by atoms with Gasteiger partial charge in [-0.3, -0.25) is 0 Å². The molecule has 0 bridgehead atoms. The Labute approximate surface area is 220 Å². The van der Waals surface area contributed by atoms with Gasteiger partial charge in [-0.05, 0) is 88.8 Å². The second-order valence-electron chi connectivity index (χ2n) is 8.43. The van der Waals surface area contributed by atoms with Crippen molar-refractivity contribution >= 4 is 77.5 Å². The second-order valence-corrected chi connectivity index (χ2v) is 12.0. The van der Waals surface area contributed by atoms with Crippen LogP contribution in [0.5, 0.6) is 0 Å². The maximum absolute atomic E-state index is 13.0. The smallest absolute Gasteiger partial charge is 0.340 e. The fourth-order valence-corrected chi connectivity index (χ4v) is 5.74. The lowest BCUT2D eigenvalue weighted by molar-refractivity contribution is 0.0699. The third kappa shape index (κ3) is 4.56. The van der Waals surface area contributed by atoms with Crippen molar-refractivity contribution in [1.82, 2.24) is 0 Å². The third-order valence-electron chi connectivity index (χ3n) is 5.86. The monoisotopic (exact) mass is 593 g/mol. The summed E-state index contributed by atoms with van der Waals surface area (Å²) < 4.78 is 34.0. The molecule has 1 aromatic heterocycles. The Morgan fingerprint density at radius 2 is 1.77 bits per heavy atom. The number of sulfonamides is 1. The van der Waals surface area contributed by atoms with E-state index in [4.69, 9.17) is 27.6 Å². The Balaban J connectivity index is 1.79. The molecule has 0 aliphatic heterocycles. The van der Waals surface area contributed by atoms with Crippen LogP contribution in [0.2, 0.25) is 10.0 Å². The minimum atomic E-state index is -3.79. The van der Waals surface area contributed by atoms with E-state index in [2.05, 4.69) is 15.9 Å². The molecule has 1 fully saturated rings. The van der Waals surface area contributed by atoms with Gasteiger partial charge in [-0.1, -0.05) is 23.2 Å². The first kappa shape index (κ1) is 24.2. The zero-order valence-corrected chi connectivity index (χ0v) is 22.2. The number of halogens is 3. The van der Waals surface area contributed by atoms with Crippen molar-refractivity contribution in [2.24, 2.45) is 0 Å². The summed E-state index contributed by atoms with van der Waals surface area (Å²) in [5.74, 6) is -0.844. The number of benzene rings is 3. The van der Waals surface area contributed by atoms with E-state index in [1.807, 2.05) is 0 Å². The van der Waals surface area contributed by atoms with Crippen molar-refractivity contribution in [3.8, 4) is 11.3 Å². The van der Waals surface area contributed by atoms with Gasteiger partial charge in [0, 0.05) is 26.5 Å². The van der Waals surface area contributed by atoms with Crippen LogP contribution in [-0.4, -0.2) is 25.7 Å². The molecule has 0 radical (unpaired) electrons. The van der Waals surface area contributed by atoms with E-state index in [0.717, 1.165) is 24.7 Å². The number of furan rings is 1. The molecule has 0 saturated heterocycles. The van der Waals surface area contributed by atoms with Gasteiger partial charge in [0.2, 0.25) is 10.0 Å². The molecule has 1 heterocycles. The lowest BCUT2D eigenvalue weighted by atomic mass is 10.0. The topological polar surface area (TPSA) is 87.8 Å². The molecular formula is C25H18BrCl2NO5S. The van der Waals surface area contributed by atoms with Crippen molar-refractivity contribution in [3.63, 3.8) is 0 Å². The highest BCUT2D eigenvalue weighted by Crippen LogP contribution is 2.49. The maximum atomic E-state index is 13.0. The second kappa shape index (κ2) is 8.85. The van der Waals surface area contributed by atoms with Crippen LogP contribution in [0.15, 0.2) is 63.5 Å². The first-order chi connectivity index (χ1) is 16.5. The molecule has 1 N–H and O–H groups in total. The molecule has 0 amide bonds. The average Bonchev–Trinajstić information content (AvgIpc) is 3.55. The highest BCUT2D eigenvalue weighted by molar-refractivity contribution is 9.10. The van der Waals surface area contributed by atoms with Gasteiger partial charge in [0.15, 0.2) is 0 Å². The zero-order chi connectivity index (χ0) is 25.1. The summed E-state index contributed by atoms with van der Waals surface area (Å²) in [6, 6.07) is 14.9.